The van der Waals surface area contributed by atoms with Crippen LogP contribution in [0.15, 0.2) is 48.5 Å². The van der Waals surface area contributed by atoms with E-state index in [9.17, 15) is 9.59 Å². The van der Waals surface area contributed by atoms with Gasteiger partial charge in [-0.05, 0) is 61.2 Å². The van der Waals surface area contributed by atoms with E-state index < -0.39 is 0 Å². The summed E-state index contributed by atoms with van der Waals surface area (Å²) in [5, 5.41) is 5.94. The van der Waals surface area contributed by atoms with E-state index in [-0.39, 0.29) is 17.7 Å². The van der Waals surface area contributed by atoms with Crippen LogP contribution in [0, 0.1) is 5.92 Å². The van der Waals surface area contributed by atoms with E-state index in [0.717, 1.165) is 55.6 Å². The largest absolute Gasteiger partial charge is 0.375 e. The van der Waals surface area contributed by atoms with Crippen LogP contribution in [0.1, 0.15) is 54.9 Å². The van der Waals surface area contributed by atoms with Crippen molar-refractivity contribution in [3.63, 3.8) is 0 Å². The summed E-state index contributed by atoms with van der Waals surface area (Å²) in [6.07, 6.45) is 5.42. The standard InChI is InChI=1S/C24H31N3O2/c1-3-4-15-27(2)22-13-11-20(12-14-22)23(28)25-17-18-7-5-10-21(16-18)26-24(29)19-8-6-9-19/h5,7,10-14,16,19H,3-4,6,8-9,15,17H2,1-2H3,(H,25,28)(H,26,29). The Balaban J connectivity index is 1.52. The number of carbonyl (C=O) groups excluding carboxylic acids is 2. The molecule has 0 spiro atoms. The molecule has 1 aliphatic rings. The van der Waals surface area contributed by atoms with Gasteiger partial charge in [0.05, 0.1) is 0 Å². The highest BCUT2D eigenvalue weighted by Gasteiger charge is 2.25. The van der Waals surface area contributed by atoms with Crippen LogP contribution in [0.5, 0.6) is 0 Å². The normalized spacial score (nSPS) is 13.4. The number of nitrogens with one attached hydrogen (secondary N) is 2. The van der Waals surface area contributed by atoms with E-state index >= 15 is 0 Å². The number of hydrogen-bond donors (Lipinski definition) is 2. The highest BCUT2D eigenvalue weighted by atomic mass is 16.2. The number of carbonyl (C=O) groups is 2. The minimum Gasteiger partial charge on any atom is -0.375 e. The number of amides is 2. The molecule has 1 saturated carbocycles. The fraction of sp³-hybridized carbons (Fsp3) is 0.417. The van der Waals surface area contributed by atoms with E-state index in [1.54, 1.807) is 0 Å². The quantitative estimate of drug-likeness (QED) is 0.655. The predicted octanol–water partition coefficient (Wildman–Crippen LogP) is 4.59. The van der Waals surface area contributed by atoms with Gasteiger partial charge in [-0.25, -0.2) is 0 Å². The number of benzene rings is 2. The smallest absolute Gasteiger partial charge is 0.251 e. The molecule has 154 valence electrons. The van der Waals surface area contributed by atoms with Crippen LogP contribution in [-0.2, 0) is 11.3 Å². The van der Waals surface area contributed by atoms with Crippen LogP contribution >= 0.6 is 0 Å². The maximum atomic E-state index is 12.5. The Morgan fingerprint density at radius 3 is 2.52 bits per heavy atom. The highest BCUT2D eigenvalue weighted by molar-refractivity contribution is 5.94. The first-order chi connectivity index (χ1) is 14.1. The topological polar surface area (TPSA) is 61.4 Å². The Hall–Kier alpha value is -2.82. The van der Waals surface area contributed by atoms with Gasteiger partial charge in [-0.2, -0.15) is 0 Å². The molecule has 1 fully saturated rings. The monoisotopic (exact) mass is 393 g/mol. The second kappa shape index (κ2) is 10.1. The summed E-state index contributed by atoms with van der Waals surface area (Å²) < 4.78 is 0. The fourth-order valence-electron chi connectivity index (χ4n) is 3.35. The van der Waals surface area contributed by atoms with Gasteiger partial charge in [0, 0.05) is 43.0 Å². The van der Waals surface area contributed by atoms with Gasteiger partial charge in [0.2, 0.25) is 5.91 Å². The van der Waals surface area contributed by atoms with Crippen LogP contribution in [0.3, 0.4) is 0 Å². The van der Waals surface area contributed by atoms with Gasteiger partial charge in [-0.1, -0.05) is 31.9 Å². The summed E-state index contributed by atoms with van der Waals surface area (Å²) in [5.41, 5.74) is 3.51. The second-order valence-corrected chi connectivity index (χ2v) is 7.82. The van der Waals surface area contributed by atoms with Gasteiger partial charge in [-0.3, -0.25) is 9.59 Å². The third-order valence-corrected chi connectivity index (χ3v) is 5.54. The zero-order chi connectivity index (χ0) is 20.6. The number of rotatable bonds is 9. The molecule has 2 aromatic carbocycles. The van der Waals surface area contributed by atoms with Gasteiger partial charge in [0.25, 0.3) is 5.91 Å². The lowest BCUT2D eigenvalue weighted by Crippen LogP contribution is -2.28. The molecular formula is C24H31N3O2. The van der Waals surface area contributed by atoms with E-state index in [4.69, 9.17) is 0 Å². The Morgan fingerprint density at radius 2 is 1.86 bits per heavy atom. The molecule has 0 aromatic heterocycles. The molecule has 0 heterocycles. The molecule has 0 atom stereocenters. The zero-order valence-corrected chi connectivity index (χ0v) is 17.4. The zero-order valence-electron chi connectivity index (χ0n) is 17.4. The van der Waals surface area contributed by atoms with E-state index in [2.05, 4.69) is 29.5 Å². The Bertz CT molecular complexity index is 828. The molecule has 2 N–H and O–H groups in total. The van der Waals surface area contributed by atoms with Crippen LogP contribution < -0.4 is 15.5 Å². The summed E-state index contributed by atoms with van der Waals surface area (Å²) in [7, 11) is 2.07. The lowest BCUT2D eigenvalue weighted by atomic mass is 9.85. The van der Waals surface area contributed by atoms with Crippen molar-refractivity contribution in [3.8, 4) is 0 Å². The minimum atomic E-state index is -0.100. The Morgan fingerprint density at radius 1 is 1.10 bits per heavy atom. The molecule has 0 radical (unpaired) electrons. The first-order valence-corrected chi connectivity index (χ1v) is 10.6. The lowest BCUT2D eigenvalue weighted by molar-refractivity contribution is -0.122. The molecule has 2 amide bonds. The van der Waals surface area contributed by atoms with Crippen molar-refractivity contribution in [2.24, 2.45) is 5.92 Å². The van der Waals surface area contributed by atoms with E-state index in [0.29, 0.717) is 12.1 Å². The third-order valence-electron chi connectivity index (χ3n) is 5.54. The number of unbranched alkanes of at least 4 members (excludes halogenated alkanes) is 1. The number of hydrogen-bond acceptors (Lipinski definition) is 3. The van der Waals surface area contributed by atoms with Crippen LogP contribution in [-0.4, -0.2) is 25.4 Å². The molecule has 5 heteroatoms. The molecule has 2 aromatic rings. The third kappa shape index (κ3) is 5.83. The SMILES string of the molecule is CCCCN(C)c1ccc(C(=O)NCc2cccc(NC(=O)C3CCC3)c2)cc1. The molecule has 3 rings (SSSR count). The van der Waals surface area contributed by atoms with Crippen molar-refractivity contribution in [2.75, 3.05) is 23.8 Å². The van der Waals surface area contributed by atoms with Crippen molar-refractivity contribution in [3.05, 3.63) is 59.7 Å². The second-order valence-electron chi connectivity index (χ2n) is 7.82. The van der Waals surface area contributed by atoms with Crippen molar-refractivity contribution in [1.29, 1.82) is 0 Å². The first kappa shape index (κ1) is 20.9. The van der Waals surface area contributed by atoms with Gasteiger partial charge in [-0.15, -0.1) is 0 Å². The Kier molecular flexibility index (Phi) is 7.28. The van der Waals surface area contributed by atoms with Crippen molar-refractivity contribution < 1.29 is 9.59 Å². The maximum absolute atomic E-state index is 12.5. The lowest BCUT2D eigenvalue weighted by Gasteiger charge is -2.24. The summed E-state index contributed by atoms with van der Waals surface area (Å²) >= 11 is 0. The first-order valence-electron chi connectivity index (χ1n) is 10.6. The van der Waals surface area contributed by atoms with Crippen molar-refractivity contribution in [1.82, 2.24) is 5.32 Å². The molecule has 29 heavy (non-hydrogen) atoms. The van der Waals surface area contributed by atoms with Gasteiger partial charge in [0.15, 0.2) is 0 Å². The minimum absolute atomic E-state index is 0.0985. The molecule has 0 bridgehead atoms. The van der Waals surface area contributed by atoms with Crippen LogP contribution in [0.4, 0.5) is 11.4 Å². The summed E-state index contributed by atoms with van der Waals surface area (Å²) in [5.74, 6) is 0.153. The molecule has 5 nitrogen and oxygen atoms in total. The average molecular weight is 394 g/mol. The fourth-order valence-corrected chi connectivity index (χ4v) is 3.35. The van der Waals surface area contributed by atoms with Crippen molar-refractivity contribution >= 4 is 23.2 Å². The van der Waals surface area contributed by atoms with Crippen molar-refractivity contribution in [2.45, 2.75) is 45.6 Å². The molecule has 0 aliphatic heterocycles. The number of anilines is 2. The Labute approximate surface area is 173 Å². The van der Waals surface area contributed by atoms with E-state index in [1.165, 1.54) is 0 Å². The molecule has 0 unspecified atom stereocenters. The maximum Gasteiger partial charge on any atom is 0.251 e. The number of nitrogens with zero attached hydrogens (tertiary/aromatic N) is 1. The van der Waals surface area contributed by atoms with Gasteiger partial charge in [0.1, 0.15) is 0 Å². The molecular weight excluding hydrogens is 362 g/mol. The molecule has 0 saturated heterocycles. The highest BCUT2D eigenvalue weighted by Crippen LogP contribution is 2.27. The summed E-state index contributed by atoms with van der Waals surface area (Å²) in [6.45, 7) is 3.61. The molecule has 1 aliphatic carbocycles. The summed E-state index contributed by atoms with van der Waals surface area (Å²) in [6, 6.07) is 15.4. The predicted molar refractivity (Wildman–Crippen MR) is 118 cm³/mol. The summed E-state index contributed by atoms with van der Waals surface area (Å²) in [4.78, 5) is 26.8. The van der Waals surface area contributed by atoms with E-state index in [1.807, 2.05) is 48.5 Å². The van der Waals surface area contributed by atoms with Crippen LogP contribution in [0.25, 0.3) is 0 Å². The van der Waals surface area contributed by atoms with Gasteiger partial charge < -0.3 is 15.5 Å². The average Bonchev–Trinajstić information content (AvgIpc) is 2.69. The van der Waals surface area contributed by atoms with Crippen LogP contribution in [0.2, 0.25) is 0 Å². The van der Waals surface area contributed by atoms with Gasteiger partial charge >= 0.3 is 0 Å².